The highest BCUT2D eigenvalue weighted by Gasteiger charge is 2.45. The van der Waals surface area contributed by atoms with E-state index >= 15 is 0 Å². The van der Waals surface area contributed by atoms with Gasteiger partial charge in [-0.25, -0.2) is 9.97 Å². The van der Waals surface area contributed by atoms with Gasteiger partial charge in [-0.2, -0.15) is 10.1 Å². The molecule has 1 atom stereocenters. The van der Waals surface area contributed by atoms with Crippen molar-refractivity contribution in [2.45, 2.75) is 84.7 Å². The summed E-state index contributed by atoms with van der Waals surface area (Å²) < 4.78 is 7.38. The van der Waals surface area contributed by atoms with Crippen molar-refractivity contribution in [3.8, 4) is 22.5 Å². The summed E-state index contributed by atoms with van der Waals surface area (Å²) in [5.74, 6) is 1.13. The van der Waals surface area contributed by atoms with Gasteiger partial charge in [-0.1, -0.05) is 37.7 Å². The summed E-state index contributed by atoms with van der Waals surface area (Å²) in [6.07, 6.45) is 8.50. The monoisotopic (exact) mass is 552 g/mol. The first kappa shape index (κ1) is 26.9. The fourth-order valence-corrected chi connectivity index (χ4v) is 5.77. The summed E-state index contributed by atoms with van der Waals surface area (Å²) in [5, 5.41) is 11.6. The number of rotatable bonds is 6. The van der Waals surface area contributed by atoms with E-state index < -0.39 is 0 Å². The Labute approximate surface area is 239 Å². The zero-order valence-electron chi connectivity index (χ0n) is 23.2. The Bertz CT molecular complexity index is 1760. The van der Waals surface area contributed by atoms with E-state index in [1.54, 1.807) is 6.20 Å². The third-order valence-corrected chi connectivity index (χ3v) is 8.40. The van der Waals surface area contributed by atoms with Gasteiger partial charge < -0.3 is 14.8 Å². The summed E-state index contributed by atoms with van der Waals surface area (Å²) in [6, 6.07) is 8.66. The zero-order valence-corrected chi connectivity index (χ0v) is 23.2. The molecule has 2 N–H and O–H groups in total. The van der Waals surface area contributed by atoms with Crippen molar-refractivity contribution in [1.82, 2.24) is 40.2 Å². The number of benzene rings is 1. The van der Waals surface area contributed by atoms with E-state index in [0.29, 0.717) is 11.5 Å². The predicted octanol–water partition coefficient (Wildman–Crippen LogP) is 6.26. The van der Waals surface area contributed by atoms with Crippen LogP contribution in [0, 0.1) is 6.92 Å². The van der Waals surface area contributed by atoms with Gasteiger partial charge in [0.05, 0.1) is 23.3 Å². The number of H-pyrrole nitrogens is 1. The normalized spacial score (nSPS) is 17.3. The molecule has 5 aromatic rings. The standard InChI is InChI=1S/C30H32N8O2.CH4/c1-16(2)38-17(3)22(15-32-38)25-34-24-21(10-13-31-26(24)35-25)19-8-9-20-18(14-19)6-5-7-23(20)33-28(39)27-36-29(40-37-27)30(4)11-12-30;/h8-10,13-16,23H,5-7,11-12H2,1-4H3,(H,33,39)(H,31,34,35);1H4/t23-;/m1./s1. The lowest BCUT2D eigenvalue weighted by Gasteiger charge is -2.26. The maximum absolute atomic E-state index is 13.0. The van der Waals surface area contributed by atoms with Gasteiger partial charge in [-0.05, 0) is 75.6 Å². The molecule has 7 rings (SSSR count). The van der Waals surface area contributed by atoms with Gasteiger partial charge in [0.2, 0.25) is 5.89 Å². The molecule has 1 aromatic carbocycles. The van der Waals surface area contributed by atoms with E-state index in [0.717, 1.165) is 71.4 Å². The summed E-state index contributed by atoms with van der Waals surface area (Å²) in [4.78, 5) is 30.2. The molecule has 2 aliphatic rings. The first-order chi connectivity index (χ1) is 19.3. The highest BCUT2D eigenvalue weighted by Crippen LogP contribution is 2.46. The number of aromatic nitrogens is 7. The zero-order chi connectivity index (χ0) is 27.6. The van der Waals surface area contributed by atoms with Crippen LogP contribution in [0.5, 0.6) is 0 Å². The third-order valence-electron chi connectivity index (χ3n) is 8.40. The number of aromatic amines is 1. The van der Waals surface area contributed by atoms with Gasteiger partial charge in [0.1, 0.15) is 5.82 Å². The molecule has 0 bridgehead atoms. The summed E-state index contributed by atoms with van der Waals surface area (Å²) >= 11 is 0. The number of imidazole rings is 1. The summed E-state index contributed by atoms with van der Waals surface area (Å²) in [5.41, 5.74) is 8.03. The number of fused-ring (bicyclic) bond motifs is 2. The Kier molecular flexibility index (Phi) is 6.51. The van der Waals surface area contributed by atoms with E-state index in [-0.39, 0.29) is 36.7 Å². The molecular weight excluding hydrogens is 516 g/mol. The molecular formula is C31H36N8O2. The van der Waals surface area contributed by atoms with Crippen LogP contribution in [0.25, 0.3) is 33.7 Å². The lowest BCUT2D eigenvalue weighted by Crippen LogP contribution is -2.31. The molecule has 41 heavy (non-hydrogen) atoms. The van der Waals surface area contributed by atoms with E-state index in [2.05, 4.69) is 76.4 Å². The second kappa shape index (κ2) is 9.94. The predicted molar refractivity (Wildman–Crippen MR) is 156 cm³/mol. The van der Waals surface area contributed by atoms with Crippen LogP contribution in [0.4, 0.5) is 0 Å². The Morgan fingerprint density at radius 3 is 2.78 bits per heavy atom. The van der Waals surface area contributed by atoms with Crippen molar-refractivity contribution in [2.24, 2.45) is 0 Å². The smallest absolute Gasteiger partial charge is 0.293 e. The number of nitrogens with zero attached hydrogens (tertiary/aromatic N) is 6. The number of carbonyl (C=O) groups excluding carboxylic acids is 1. The molecule has 4 aromatic heterocycles. The van der Waals surface area contributed by atoms with Crippen LogP contribution in [-0.4, -0.2) is 40.8 Å². The first-order valence-corrected chi connectivity index (χ1v) is 14.0. The van der Waals surface area contributed by atoms with Crippen molar-refractivity contribution in [1.29, 1.82) is 0 Å². The number of aryl methyl sites for hydroxylation is 1. The van der Waals surface area contributed by atoms with Crippen LogP contribution >= 0.6 is 0 Å². The Hall–Kier alpha value is -4.34. The molecule has 0 radical (unpaired) electrons. The Morgan fingerprint density at radius 2 is 2.02 bits per heavy atom. The number of amides is 1. The van der Waals surface area contributed by atoms with Gasteiger partial charge >= 0.3 is 0 Å². The summed E-state index contributed by atoms with van der Waals surface area (Å²) in [6.45, 7) is 8.38. The first-order valence-electron chi connectivity index (χ1n) is 14.0. The van der Waals surface area contributed by atoms with E-state index in [9.17, 15) is 4.79 Å². The van der Waals surface area contributed by atoms with Crippen LogP contribution in [0.3, 0.4) is 0 Å². The van der Waals surface area contributed by atoms with Gasteiger partial charge in [0, 0.05) is 28.9 Å². The average molecular weight is 553 g/mol. The molecule has 10 heteroatoms. The molecule has 212 valence electrons. The highest BCUT2D eigenvalue weighted by atomic mass is 16.5. The van der Waals surface area contributed by atoms with Crippen LogP contribution in [-0.2, 0) is 11.8 Å². The largest absolute Gasteiger partial charge is 0.342 e. The van der Waals surface area contributed by atoms with E-state index in [1.807, 2.05) is 16.9 Å². The maximum Gasteiger partial charge on any atom is 0.293 e. The number of nitrogens with one attached hydrogen (secondary N) is 2. The van der Waals surface area contributed by atoms with Crippen molar-refractivity contribution in [3.05, 3.63) is 65.2 Å². The number of pyridine rings is 1. The van der Waals surface area contributed by atoms with Crippen LogP contribution in [0.15, 0.2) is 41.2 Å². The highest BCUT2D eigenvalue weighted by molar-refractivity contribution is 5.92. The average Bonchev–Trinajstić information content (AvgIpc) is 3.33. The second-order valence-electron chi connectivity index (χ2n) is 11.6. The van der Waals surface area contributed by atoms with Crippen molar-refractivity contribution < 1.29 is 9.32 Å². The minimum absolute atomic E-state index is 0. The Morgan fingerprint density at radius 1 is 1.20 bits per heavy atom. The molecule has 1 saturated carbocycles. The third kappa shape index (κ3) is 4.61. The van der Waals surface area contributed by atoms with Crippen LogP contribution in [0.1, 0.15) is 99.3 Å². The maximum atomic E-state index is 13.0. The van der Waals surface area contributed by atoms with Gasteiger partial charge in [0.25, 0.3) is 11.7 Å². The van der Waals surface area contributed by atoms with Gasteiger partial charge in [-0.15, -0.1) is 0 Å². The quantitative estimate of drug-likeness (QED) is 0.255. The fraction of sp³-hybridized carbons (Fsp3) is 0.419. The molecule has 0 unspecified atom stereocenters. The van der Waals surface area contributed by atoms with Crippen LogP contribution in [0.2, 0.25) is 0 Å². The molecule has 0 aliphatic heterocycles. The topological polar surface area (TPSA) is 127 Å². The van der Waals surface area contributed by atoms with E-state index in [1.165, 1.54) is 5.56 Å². The molecule has 0 saturated heterocycles. The Balaban J connectivity index is 0.00000302. The molecule has 1 amide bonds. The van der Waals surface area contributed by atoms with E-state index in [4.69, 9.17) is 9.51 Å². The number of hydrogen-bond acceptors (Lipinski definition) is 7. The lowest BCUT2D eigenvalue weighted by molar-refractivity contribution is 0.0919. The second-order valence-corrected chi connectivity index (χ2v) is 11.6. The fourth-order valence-electron chi connectivity index (χ4n) is 5.77. The SMILES string of the molecule is C.Cc1c(-c2nc3nccc(-c4ccc5c(c4)CCC[C@H]5NC(=O)c4noc(C5(C)CC5)n4)c3[nH]2)cnn1C(C)C. The molecule has 4 heterocycles. The van der Waals surface area contributed by atoms with Gasteiger partial charge in [-0.3, -0.25) is 9.48 Å². The lowest BCUT2D eigenvalue weighted by atomic mass is 9.85. The minimum Gasteiger partial charge on any atom is -0.342 e. The minimum atomic E-state index is -0.293. The number of carbonyl (C=O) groups is 1. The van der Waals surface area contributed by atoms with Crippen LogP contribution < -0.4 is 5.32 Å². The summed E-state index contributed by atoms with van der Waals surface area (Å²) in [7, 11) is 0. The van der Waals surface area contributed by atoms with Crippen molar-refractivity contribution >= 4 is 17.1 Å². The number of hydrogen-bond donors (Lipinski definition) is 2. The van der Waals surface area contributed by atoms with Gasteiger partial charge in [0.15, 0.2) is 5.65 Å². The van der Waals surface area contributed by atoms with Crippen molar-refractivity contribution in [2.75, 3.05) is 0 Å². The molecule has 1 fully saturated rings. The van der Waals surface area contributed by atoms with Crippen molar-refractivity contribution in [3.63, 3.8) is 0 Å². The molecule has 0 spiro atoms. The molecule has 10 nitrogen and oxygen atoms in total. The molecule has 2 aliphatic carbocycles.